The number of Topliss-reactive ketones (excluding diaryl/α,β-unsaturated/α-hetero) is 1. The van der Waals surface area contributed by atoms with Crippen molar-refractivity contribution in [2.45, 2.75) is 115 Å². The Labute approximate surface area is 283 Å². The van der Waals surface area contributed by atoms with Crippen LogP contribution >= 0.6 is 0 Å². The van der Waals surface area contributed by atoms with Crippen molar-refractivity contribution in [3.05, 3.63) is 30.3 Å². The lowest BCUT2D eigenvalue weighted by molar-refractivity contribution is -0.145. The van der Waals surface area contributed by atoms with Gasteiger partial charge in [-0.3, -0.25) is 19.2 Å². The Bertz CT molecular complexity index is 1540. The van der Waals surface area contributed by atoms with E-state index < -0.39 is 68.5 Å². The molecule has 5 atom stereocenters. The predicted molar refractivity (Wildman–Crippen MR) is 179 cm³/mol. The molecule has 2 unspecified atom stereocenters. The maximum atomic E-state index is 14.4. The second kappa shape index (κ2) is 13.1. The number of primary amides is 1. The van der Waals surface area contributed by atoms with Gasteiger partial charge in [0.2, 0.25) is 17.6 Å². The molecule has 3 aliphatic carbocycles. The summed E-state index contributed by atoms with van der Waals surface area (Å²) in [6, 6.07) is 4.54. The van der Waals surface area contributed by atoms with E-state index in [1.807, 2.05) is 34.6 Å². The zero-order valence-electron chi connectivity index (χ0n) is 28.7. The summed E-state index contributed by atoms with van der Waals surface area (Å²) in [6.45, 7) is 9.85. The summed E-state index contributed by atoms with van der Waals surface area (Å²) in [6.07, 6.45) is 5.56. The minimum atomic E-state index is -3.72. The number of amides is 5. The van der Waals surface area contributed by atoms with Gasteiger partial charge in [-0.1, -0.05) is 84.9 Å². The maximum Gasteiger partial charge on any atom is 0.315 e. The number of nitrogens with two attached hydrogens (primary N) is 1. The van der Waals surface area contributed by atoms with E-state index in [1.54, 1.807) is 30.3 Å². The quantitative estimate of drug-likeness (QED) is 0.244. The number of urea groups is 1. The number of ketones is 1. The van der Waals surface area contributed by atoms with Gasteiger partial charge in [0, 0.05) is 6.54 Å². The summed E-state index contributed by atoms with van der Waals surface area (Å²) in [5, 5.41) is 8.61. The van der Waals surface area contributed by atoms with E-state index in [-0.39, 0.29) is 33.8 Å². The van der Waals surface area contributed by atoms with E-state index in [0.717, 1.165) is 32.1 Å². The van der Waals surface area contributed by atoms with Crippen LogP contribution in [0.2, 0.25) is 0 Å². The number of carbonyl (C=O) groups excluding carboxylic acids is 5. The van der Waals surface area contributed by atoms with E-state index in [1.165, 1.54) is 4.90 Å². The topological polar surface area (TPSA) is 185 Å². The molecule has 4 aliphatic rings. The summed E-state index contributed by atoms with van der Waals surface area (Å²) < 4.78 is 26.9. The lowest BCUT2D eigenvalue weighted by Crippen LogP contribution is -2.63. The molecule has 12 nitrogen and oxygen atoms in total. The van der Waals surface area contributed by atoms with Crippen LogP contribution in [0.15, 0.2) is 35.2 Å². The molecule has 264 valence electrons. The van der Waals surface area contributed by atoms with E-state index in [2.05, 4.69) is 16.0 Å². The van der Waals surface area contributed by atoms with Crippen molar-refractivity contribution >= 4 is 39.4 Å². The molecule has 1 aliphatic heterocycles. The van der Waals surface area contributed by atoms with Crippen molar-refractivity contribution in [1.29, 1.82) is 0 Å². The Kier molecular flexibility index (Phi) is 9.77. The summed E-state index contributed by atoms with van der Waals surface area (Å²) >= 11 is 0. The van der Waals surface area contributed by atoms with E-state index in [0.29, 0.717) is 25.8 Å². The van der Waals surface area contributed by atoms with Crippen molar-refractivity contribution < 1.29 is 32.4 Å². The van der Waals surface area contributed by atoms with E-state index >= 15 is 0 Å². The highest BCUT2D eigenvalue weighted by atomic mass is 32.2. The smallest absolute Gasteiger partial charge is 0.315 e. The lowest BCUT2D eigenvalue weighted by atomic mass is 9.83. The van der Waals surface area contributed by atoms with Gasteiger partial charge in [-0.2, -0.15) is 0 Å². The van der Waals surface area contributed by atoms with E-state index in [4.69, 9.17) is 5.73 Å². The van der Waals surface area contributed by atoms with Crippen LogP contribution in [0.5, 0.6) is 0 Å². The second-order valence-electron chi connectivity index (χ2n) is 16.2. The molecule has 1 aromatic carbocycles. The first-order valence-electron chi connectivity index (χ1n) is 17.2. The normalized spacial score (nSPS) is 25.6. The van der Waals surface area contributed by atoms with Gasteiger partial charge in [-0.15, -0.1) is 0 Å². The SMILES string of the molecule is CC(C)(C)[C@H](NC(=O)NC1(CS(=O)(=O)c2ccccc2)CCCCC1)C(=O)N1CC2[C@@H]([C@H]1C(=O)NC(CC1CC1)C(=O)C(N)=O)C2(C)C. The summed E-state index contributed by atoms with van der Waals surface area (Å²) in [5.41, 5.74) is 3.32. The Morgan fingerprint density at radius 2 is 1.60 bits per heavy atom. The highest BCUT2D eigenvalue weighted by Gasteiger charge is 2.70. The van der Waals surface area contributed by atoms with Gasteiger partial charge in [0.25, 0.3) is 5.91 Å². The van der Waals surface area contributed by atoms with Crippen molar-refractivity contribution in [3.8, 4) is 0 Å². The number of rotatable bonds is 12. The van der Waals surface area contributed by atoms with Crippen LogP contribution in [0, 0.1) is 28.6 Å². The number of carbonyl (C=O) groups is 5. The van der Waals surface area contributed by atoms with Gasteiger partial charge in [0.15, 0.2) is 9.84 Å². The first-order valence-corrected chi connectivity index (χ1v) is 18.8. The fourth-order valence-corrected chi connectivity index (χ4v) is 9.82. The molecule has 1 heterocycles. The number of piperidine rings is 1. The number of nitrogens with one attached hydrogen (secondary N) is 3. The molecule has 5 N–H and O–H groups in total. The van der Waals surface area contributed by atoms with Crippen LogP contribution < -0.4 is 21.7 Å². The van der Waals surface area contributed by atoms with Crippen LogP contribution in [0.25, 0.3) is 0 Å². The molecule has 5 rings (SSSR count). The number of likely N-dealkylation sites (tertiary alicyclic amines) is 1. The number of hydrogen-bond donors (Lipinski definition) is 4. The number of fused-ring (bicyclic) bond motifs is 1. The number of hydrogen-bond acceptors (Lipinski definition) is 7. The first kappa shape index (κ1) is 35.8. The molecule has 48 heavy (non-hydrogen) atoms. The molecule has 5 amide bonds. The summed E-state index contributed by atoms with van der Waals surface area (Å²) in [4.78, 5) is 68.2. The number of sulfone groups is 1. The zero-order chi connectivity index (χ0) is 35.2. The molecule has 13 heteroatoms. The molecule has 0 radical (unpaired) electrons. The van der Waals surface area contributed by atoms with Crippen LogP contribution in [0.1, 0.15) is 86.0 Å². The van der Waals surface area contributed by atoms with Gasteiger partial charge in [-0.05, 0) is 60.0 Å². The third kappa shape index (κ3) is 7.55. The average molecular weight is 686 g/mol. The third-order valence-electron chi connectivity index (χ3n) is 11.0. The number of benzene rings is 1. The minimum absolute atomic E-state index is 0.0501. The lowest BCUT2D eigenvalue weighted by Gasteiger charge is -2.40. The molecular formula is C35H51N5O7S. The highest BCUT2D eigenvalue weighted by molar-refractivity contribution is 7.91. The van der Waals surface area contributed by atoms with Gasteiger partial charge in [-0.25, -0.2) is 13.2 Å². The van der Waals surface area contributed by atoms with Gasteiger partial charge >= 0.3 is 6.03 Å². The Hall–Kier alpha value is -3.48. The highest BCUT2D eigenvalue weighted by Crippen LogP contribution is 2.65. The maximum absolute atomic E-state index is 14.4. The Morgan fingerprint density at radius 3 is 2.17 bits per heavy atom. The van der Waals surface area contributed by atoms with Crippen molar-refractivity contribution in [1.82, 2.24) is 20.9 Å². The van der Waals surface area contributed by atoms with Crippen molar-refractivity contribution in [2.75, 3.05) is 12.3 Å². The second-order valence-corrected chi connectivity index (χ2v) is 18.2. The predicted octanol–water partition coefficient (Wildman–Crippen LogP) is 2.70. The summed E-state index contributed by atoms with van der Waals surface area (Å²) in [7, 11) is -3.72. The minimum Gasteiger partial charge on any atom is -0.363 e. The molecule has 0 bridgehead atoms. The zero-order valence-corrected chi connectivity index (χ0v) is 29.5. The van der Waals surface area contributed by atoms with Gasteiger partial charge in [0.1, 0.15) is 12.1 Å². The fraction of sp³-hybridized carbons (Fsp3) is 0.686. The fourth-order valence-electron chi connectivity index (χ4n) is 7.99. The number of nitrogens with zero attached hydrogens (tertiary/aromatic N) is 1. The van der Waals surface area contributed by atoms with Crippen molar-refractivity contribution in [2.24, 2.45) is 34.3 Å². The third-order valence-corrected chi connectivity index (χ3v) is 13.0. The Balaban J connectivity index is 1.35. The van der Waals surface area contributed by atoms with E-state index in [9.17, 15) is 32.4 Å². The Morgan fingerprint density at radius 1 is 0.979 bits per heavy atom. The van der Waals surface area contributed by atoms with Crippen LogP contribution in [0.4, 0.5) is 4.79 Å². The first-order chi connectivity index (χ1) is 22.4. The van der Waals surface area contributed by atoms with Crippen LogP contribution in [-0.4, -0.2) is 78.8 Å². The van der Waals surface area contributed by atoms with Crippen molar-refractivity contribution in [3.63, 3.8) is 0 Å². The van der Waals surface area contributed by atoms with Gasteiger partial charge in [0.05, 0.1) is 22.2 Å². The van der Waals surface area contributed by atoms with Gasteiger partial charge < -0.3 is 26.6 Å². The largest absolute Gasteiger partial charge is 0.363 e. The molecule has 0 aromatic heterocycles. The molecule has 1 aromatic rings. The summed E-state index contributed by atoms with van der Waals surface area (Å²) in [5.74, 6) is -3.04. The van der Waals surface area contributed by atoms with Crippen LogP contribution in [0.3, 0.4) is 0 Å². The standard InChI is InChI=1S/C35H51N5O7S/c1-33(2,3)28(38-32(45)39-35(16-10-7-11-17-35)20-48(46,47)22-12-8-6-9-13-22)31(44)40-19-23-25(34(23,4)5)26(40)30(43)37-24(18-21-14-15-21)27(41)29(36)42/h6,8-9,12-13,21,23-26,28H,7,10-11,14-20H2,1-5H3,(H2,36,42)(H,37,43)(H2,38,39,45)/t23?,24?,25-,26-,28+/m0/s1. The van der Waals surface area contributed by atoms with Crippen LogP contribution in [-0.2, 0) is 29.0 Å². The molecule has 1 saturated heterocycles. The molecule has 0 spiro atoms. The molecule has 4 fully saturated rings. The molecule has 3 saturated carbocycles. The average Bonchev–Trinajstić information content (AvgIpc) is 3.86. The monoisotopic (exact) mass is 685 g/mol. The molecular weight excluding hydrogens is 634 g/mol.